The number of benzene rings is 1. The number of ether oxygens (including phenoxy) is 1. The van der Waals surface area contributed by atoms with Crippen LogP contribution in [0, 0.1) is 10.1 Å². The van der Waals surface area contributed by atoms with Crippen molar-refractivity contribution in [3.63, 3.8) is 0 Å². The molecule has 3 rings (SSSR count). The molecule has 1 unspecified atom stereocenters. The number of methoxy groups -OCH3 is 1. The SMILES string of the molecule is COc1ccc(C2CCCN2c2sc(S(C)(=O)=O)cc2[N+](=O)[O-])cc1. The van der Waals surface area contributed by atoms with Crippen molar-refractivity contribution in [2.24, 2.45) is 0 Å². The molecule has 0 amide bonds. The van der Waals surface area contributed by atoms with Crippen LogP contribution in [0.4, 0.5) is 10.7 Å². The van der Waals surface area contributed by atoms with Crippen molar-refractivity contribution in [1.82, 2.24) is 0 Å². The molecule has 0 radical (unpaired) electrons. The minimum absolute atomic E-state index is 0.0179. The van der Waals surface area contributed by atoms with Crippen molar-refractivity contribution in [2.75, 3.05) is 24.8 Å². The van der Waals surface area contributed by atoms with E-state index in [9.17, 15) is 18.5 Å². The standard InChI is InChI=1S/C16H18N2O5S2/c1-23-12-7-5-11(6-8-12)13-4-3-9-17(13)16-14(18(19)20)10-15(24-16)25(2,21)22/h5-8,10,13H,3-4,9H2,1-2H3. The highest BCUT2D eigenvalue weighted by Gasteiger charge is 2.34. The summed E-state index contributed by atoms with van der Waals surface area (Å²) in [6.07, 6.45) is 2.81. The Morgan fingerprint density at radius 3 is 2.56 bits per heavy atom. The van der Waals surface area contributed by atoms with E-state index in [2.05, 4.69) is 0 Å². The Hall–Kier alpha value is -2.13. The molecule has 1 aromatic carbocycles. The zero-order chi connectivity index (χ0) is 18.2. The smallest absolute Gasteiger partial charge is 0.305 e. The zero-order valence-corrected chi connectivity index (χ0v) is 15.5. The van der Waals surface area contributed by atoms with Crippen LogP contribution in [-0.2, 0) is 9.84 Å². The van der Waals surface area contributed by atoms with Gasteiger partial charge in [-0.25, -0.2) is 8.42 Å². The van der Waals surface area contributed by atoms with Crippen LogP contribution >= 0.6 is 11.3 Å². The average Bonchev–Trinajstić information content (AvgIpc) is 3.21. The van der Waals surface area contributed by atoms with E-state index in [-0.39, 0.29) is 15.9 Å². The van der Waals surface area contributed by atoms with Crippen molar-refractivity contribution >= 4 is 31.9 Å². The van der Waals surface area contributed by atoms with Gasteiger partial charge in [-0.15, -0.1) is 0 Å². The Bertz CT molecular complexity index is 890. The van der Waals surface area contributed by atoms with Gasteiger partial charge in [0.1, 0.15) is 9.96 Å². The Morgan fingerprint density at radius 2 is 2.00 bits per heavy atom. The van der Waals surface area contributed by atoms with Crippen LogP contribution in [0.5, 0.6) is 5.75 Å². The molecule has 1 saturated heterocycles. The van der Waals surface area contributed by atoms with E-state index in [1.54, 1.807) is 7.11 Å². The summed E-state index contributed by atoms with van der Waals surface area (Å²) in [7, 11) is -1.89. The molecule has 1 aliphatic heterocycles. The van der Waals surface area contributed by atoms with Crippen LogP contribution < -0.4 is 9.64 Å². The average molecular weight is 382 g/mol. The summed E-state index contributed by atoms with van der Waals surface area (Å²) in [5.74, 6) is 0.745. The summed E-state index contributed by atoms with van der Waals surface area (Å²) in [5.41, 5.74) is 0.882. The van der Waals surface area contributed by atoms with Gasteiger partial charge in [-0.1, -0.05) is 23.5 Å². The third-order valence-electron chi connectivity index (χ3n) is 4.25. The molecule has 7 nitrogen and oxygen atoms in total. The van der Waals surface area contributed by atoms with Crippen molar-refractivity contribution in [3.05, 3.63) is 46.0 Å². The molecule has 9 heteroatoms. The minimum Gasteiger partial charge on any atom is -0.497 e. The molecule has 0 spiro atoms. The summed E-state index contributed by atoms with van der Waals surface area (Å²) < 4.78 is 28.8. The Morgan fingerprint density at radius 1 is 1.32 bits per heavy atom. The number of anilines is 1. The van der Waals surface area contributed by atoms with Gasteiger partial charge in [-0.2, -0.15) is 0 Å². The van der Waals surface area contributed by atoms with Crippen LogP contribution in [-0.4, -0.2) is 33.3 Å². The summed E-state index contributed by atoms with van der Waals surface area (Å²) in [5, 5.41) is 11.8. The van der Waals surface area contributed by atoms with Gasteiger partial charge < -0.3 is 9.64 Å². The Balaban J connectivity index is 2.02. The highest BCUT2D eigenvalue weighted by atomic mass is 32.2. The first-order chi connectivity index (χ1) is 11.8. The number of hydrogen-bond donors (Lipinski definition) is 0. The summed E-state index contributed by atoms with van der Waals surface area (Å²) >= 11 is 0.970. The zero-order valence-electron chi connectivity index (χ0n) is 13.8. The van der Waals surface area contributed by atoms with E-state index in [0.717, 1.165) is 41.7 Å². The largest absolute Gasteiger partial charge is 0.497 e. The quantitative estimate of drug-likeness (QED) is 0.581. The van der Waals surface area contributed by atoms with Crippen LogP contribution in [0.3, 0.4) is 0 Å². The van der Waals surface area contributed by atoms with Gasteiger partial charge in [0.05, 0.1) is 18.1 Å². The highest BCUT2D eigenvalue weighted by Crippen LogP contribution is 2.46. The fourth-order valence-electron chi connectivity index (χ4n) is 3.05. The van der Waals surface area contributed by atoms with Crippen molar-refractivity contribution in [3.8, 4) is 5.75 Å². The van der Waals surface area contributed by atoms with Crippen molar-refractivity contribution in [2.45, 2.75) is 23.1 Å². The molecule has 1 atom stereocenters. The summed E-state index contributed by atoms with van der Waals surface area (Å²) in [6, 6.07) is 8.75. The molecule has 2 heterocycles. The molecule has 1 aromatic heterocycles. The highest BCUT2D eigenvalue weighted by molar-refractivity contribution is 7.92. The normalized spacial score (nSPS) is 17.7. The predicted octanol–water partition coefficient (Wildman–Crippen LogP) is 3.41. The van der Waals surface area contributed by atoms with E-state index in [4.69, 9.17) is 4.74 Å². The number of rotatable bonds is 5. The third kappa shape index (κ3) is 3.47. The molecule has 2 aromatic rings. The topological polar surface area (TPSA) is 89.8 Å². The Kier molecular flexibility index (Phi) is 4.70. The van der Waals surface area contributed by atoms with Gasteiger partial charge in [0.15, 0.2) is 14.8 Å². The lowest BCUT2D eigenvalue weighted by Gasteiger charge is -2.25. The van der Waals surface area contributed by atoms with E-state index >= 15 is 0 Å². The van der Waals surface area contributed by atoms with Crippen molar-refractivity contribution in [1.29, 1.82) is 0 Å². The Labute approximate surface area is 149 Å². The first-order valence-corrected chi connectivity index (χ1v) is 10.4. The molecule has 25 heavy (non-hydrogen) atoms. The molecule has 1 fully saturated rings. The first-order valence-electron chi connectivity index (χ1n) is 7.70. The maximum Gasteiger partial charge on any atom is 0.305 e. The van der Waals surface area contributed by atoms with Gasteiger partial charge >= 0.3 is 5.69 Å². The number of hydrogen-bond acceptors (Lipinski definition) is 7. The van der Waals surface area contributed by atoms with E-state index in [1.807, 2.05) is 29.2 Å². The number of nitro groups is 1. The lowest BCUT2D eigenvalue weighted by atomic mass is 10.0. The fourth-order valence-corrected chi connectivity index (χ4v) is 5.16. The minimum atomic E-state index is -3.49. The van der Waals surface area contributed by atoms with Gasteiger partial charge in [0, 0.05) is 18.9 Å². The second-order valence-electron chi connectivity index (χ2n) is 5.91. The molecule has 0 bridgehead atoms. The van der Waals surface area contributed by atoms with Crippen LogP contribution in [0.2, 0.25) is 0 Å². The predicted molar refractivity (Wildman–Crippen MR) is 96.4 cm³/mol. The fraction of sp³-hybridized carbons (Fsp3) is 0.375. The van der Waals surface area contributed by atoms with Gasteiger partial charge in [-0.3, -0.25) is 10.1 Å². The molecule has 1 aliphatic rings. The molecule has 0 saturated carbocycles. The van der Waals surface area contributed by atoms with Crippen molar-refractivity contribution < 1.29 is 18.1 Å². The number of nitrogens with zero attached hydrogens (tertiary/aromatic N) is 2. The van der Waals surface area contributed by atoms with E-state index in [1.165, 1.54) is 6.07 Å². The molecule has 0 aliphatic carbocycles. The molecular weight excluding hydrogens is 364 g/mol. The first kappa shape index (κ1) is 17.7. The maximum absolute atomic E-state index is 11.8. The molecule has 134 valence electrons. The number of thiophene rings is 1. The van der Waals surface area contributed by atoms with Gasteiger partial charge in [-0.05, 0) is 30.5 Å². The number of sulfone groups is 1. The molecule has 0 N–H and O–H groups in total. The second kappa shape index (κ2) is 6.64. The van der Waals surface area contributed by atoms with E-state index in [0.29, 0.717) is 11.5 Å². The lowest BCUT2D eigenvalue weighted by molar-refractivity contribution is -0.383. The lowest BCUT2D eigenvalue weighted by Crippen LogP contribution is -2.22. The van der Waals surface area contributed by atoms with E-state index < -0.39 is 14.8 Å². The second-order valence-corrected chi connectivity index (χ2v) is 9.18. The van der Waals surface area contributed by atoms with Crippen LogP contribution in [0.25, 0.3) is 0 Å². The third-order valence-corrected chi connectivity index (χ3v) is 7.21. The van der Waals surface area contributed by atoms with Crippen LogP contribution in [0.15, 0.2) is 34.5 Å². The van der Waals surface area contributed by atoms with Gasteiger partial charge in [0.2, 0.25) is 0 Å². The monoisotopic (exact) mass is 382 g/mol. The summed E-state index contributed by atoms with van der Waals surface area (Å²) in [6.45, 7) is 0.654. The summed E-state index contributed by atoms with van der Waals surface area (Å²) in [4.78, 5) is 12.9. The van der Waals surface area contributed by atoms with Gasteiger partial charge in [0.25, 0.3) is 0 Å². The maximum atomic E-state index is 11.8. The molecular formula is C16H18N2O5S2. The van der Waals surface area contributed by atoms with Crippen LogP contribution in [0.1, 0.15) is 24.4 Å².